The van der Waals surface area contributed by atoms with E-state index in [0.29, 0.717) is 17.8 Å². The summed E-state index contributed by atoms with van der Waals surface area (Å²) in [6.07, 6.45) is 5.95. The molecule has 0 bridgehead atoms. The highest BCUT2D eigenvalue weighted by molar-refractivity contribution is 5.92. The Labute approximate surface area is 158 Å². The van der Waals surface area contributed by atoms with Gasteiger partial charge in [0.1, 0.15) is 11.6 Å². The Balaban J connectivity index is 1.73. The molecule has 0 spiro atoms. The first-order chi connectivity index (χ1) is 13.1. The van der Waals surface area contributed by atoms with Crippen LogP contribution in [-0.4, -0.2) is 34.2 Å². The summed E-state index contributed by atoms with van der Waals surface area (Å²) < 4.78 is 0. The van der Waals surface area contributed by atoms with Gasteiger partial charge in [0.15, 0.2) is 0 Å². The minimum Gasteiger partial charge on any atom is -0.506 e. The van der Waals surface area contributed by atoms with Gasteiger partial charge in [-0.1, -0.05) is 6.07 Å². The van der Waals surface area contributed by atoms with Crippen LogP contribution < -0.4 is 16.4 Å². The third-order valence-electron chi connectivity index (χ3n) is 5.27. The Kier molecular flexibility index (Phi) is 4.81. The fraction of sp³-hybridized carbons (Fsp3) is 0.333. The van der Waals surface area contributed by atoms with Crippen LogP contribution in [-0.2, 0) is 0 Å². The van der Waals surface area contributed by atoms with E-state index < -0.39 is 0 Å². The largest absolute Gasteiger partial charge is 0.506 e. The second-order valence-electron chi connectivity index (χ2n) is 7.16. The second kappa shape index (κ2) is 7.40. The highest BCUT2D eigenvalue weighted by Gasteiger charge is 2.20. The van der Waals surface area contributed by atoms with Crippen LogP contribution in [0.2, 0.25) is 0 Å². The number of phenols is 1. The van der Waals surface area contributed by atoms with E-state index in [1.54, 1.807) is 19.3 Å². The second-order valence-corrected chi connectivity index (χ2v) is 7.16. The maximum atomic E-state index is 10.2. The summed E-state index contributed by atoms with van der Waals surface area (Å²) in [4.78, 5) is 9.38. The molecular formula is C21H25N5O. The van der Waals surface area contributed by atoms with Gasteiger partial charge in [-0.05, 0) is 56.0 Å². The summed E-state index contributed by atoms with van der Waals surface area (Å²) in [5, 5.41) is 17.8. The lowest BCUT2D eigenvalue weighted by Crippen LogP contribution is -2.33. The Hall–Kier alpha value is -2.86. The summed E-state index contributed by atoms with van der Waals surface area (Å²) in [6.45, 7) is 0. The van der Waals surface area contributed by atoms with Gasteiger partial charge in [-0.3, -0.25) is 4.98 Å². The number of fused-ring (bicyclic) bond motifs is 1. The van der Waals surface area contributed by atoms with E-state index in [0.717, 1.165) is 53.7 Å². The number of nitrogens with two attached hydrogens (primary N) is 1. The molecule has 1 aromatic carbocycles. The number of rotatable bonds is 4. The van der Waals surface area contributed by atoms with Crippen LogP contribution in [0, 0.1) is 0 Å². The number of benzene rings is 1. The molecule has 5 N–H and O–H groups in total. The lowest BCUT2D eigenvalue weighted by molar-refractivity contribution is 0.411. The van der Waals surface area contributed by atoms with E-state index >= 15 is 0 Å². The molecule has 1 fully saturated rings. The summed E-state index contributed by atoms with van der Waals surface area (Å²) in [5.41, 5.74) is 9.25. The molecule has 3 aromatic rings. The molecular weight excluding hydrogens is 338 g/mol. The van der Waals surface area contributed by atoms with Crippen LogP contribution in [0.4, 0.5) is 11.5 Å². The van der Waals surface area contributed by atoms with E-state index in [4.69, 9.17) is 10.7 Å². The van der Waals surface area contributed by atoms with Crippen molar-refractivity contribution in [2.45, 2.75) is 37.8 Å². The summed E-state index contributed by atoms with van der Waals surface area (Å²) in [6, 6.07) is 12.1. The van der Waals surface area contributed by atoms with Gasteiger partial charge in [-0.15, -0.1) is 0 Å². The van der Waals surface area contributed by atoms with Crippen LogP contribution >= 0.6 is 0 Å². The molecule has 1 aliphatic carbocycles. The first-order valence-corrected chi connectivity index (χ1v) is 9.43. The van der Waals surface area contributed by atoms with E-state index in [1.165, 1.54) is 0 Å². The van der Waals surface area contributed by atoms with Gasteiger partial charge in [-0.25, -0.2) is 4.98 Å². The van der Waals surface area contributed by atoms with Crippen molar-refractivity contribution in [2.75, 3.05) is 17.7 Å². The molecule has 1 saturated carbocycles. The standard InChI is InChI=1S/C21H25N5O/c1-23-17-9-4-13(11-20(17)27)18-12-19-16(3-2-10-24-19)21(26-18)25-15-7-5-14(22)6-8-15/h2-4,9-12,14-15,23,27H,5-8,22H2,1H3,(H,25,26). The summed E-state index contributed by atoms with van der Waals surface area (Å²) >= 11 is 0. The number of aromatic nitrogens is 2. The molecule has 4 rings (SSSR count). The normalized spacial score (nSPS) is 19.8. The molecule has 1 aliphatic rings. The molecule has 140 valence electrons. The molecule has 0 saturated heterocycles. The molecule has 0 radical (unpaired) electrons. The van der Waals surface area contributed by atoms with Gasteiger partial charge >= 0.3 is 0 Å². The van der Waals surface area contributed by atoms with Crippen molar-refractivity contribution in [3.63, 3.8) is 0 Å². The Morgan fingerprint density at radius 2 is 1.93 bits per heavy atom. The highest BCUT2D eigenvalue weighted by Crippen LogP contribution is 2.32. The fourth-order valence-electron chi connectivity index (χ4n) is 3.69. The number of aromatic hydroxyl groups is 1. The average Bonchev–Trinajstić information content (AvgIpc) is 2.69. The van der Waals surface area contributed by atoms with Gasteiger partial charge in [0, 0.05) is 36.3 Å². The molecule has 2 heterocycles. The minimum atomic E-state index is 0.202. The lowest BCUT2D eigenvalue weighted by Gasteiger charge is -2.27. The topological polar surface area (TPSA) is 96.1 Å². The number of phenolic OH excluding ortho intramolecular Hbond substituents is 1. The van der Waals surface area contributed by atoms with Crippen molar-refractivity contribution in [3.05, 3.63) is 42.6 Å². The molecule has 0 amide bonds. The predicted molar refractivity (Wildman–Crippen MR) is 110 cm³/mol. The van der Waals surface area contributed by atoms with Crippen LogP contribution in [0.3, 0.4) is 0 Å². The summed E-state index contributed by atoms with van der Waals surface area (Å²) in [5.74, 6) is 1.04. The van der Waals surface area contributed by atoms with Crippen LogP contribution in [0.1, 0.15) is 25.7 Å². The van der Waals surface area contributed by atoms with E-state index in [-0.39, 0.29) is 5.75 Å². The van der Waals surface area contributed by atoms with Gasteiger partial charge < -0.3 is 21.5 Å². The highest BCUT2D eigenvalue weighted by atomic mass is 16.3. The van der Waals surface area contributed by atoms with E-state index in [1.807, 2.05) is 30.3 Å². The first-order valence-electron chi connectivity index (χ1n) is 9.43. The lowest BCUT2D eigenvalue weighted by atomic mass is 9.92. The smallest absolute Gasteiger partial charge is 0.139 e. The van der Waals surface area contributed by atoms with Crippen LogP contribution in [0.5, 0.6) is 5.75 Å². The monoisotopic (exact) mass is 363 g/mol. The van der Waals surface area contributed by atoms with E-state index in [9.17, 15) is 5.11 Å². The predicted octanol–water partition coefficient (Wildman–Crippen LogP) is 3.73. The van der Waals surface area contributed by atoms with Crippen LogP contribution in [0.25, 0.3) is 22.2 Å². The number of nitrogens with zero attached hydrogens (tertiary/aromatic N) is 2. The SMILES string of the molecule is CNc1ccc(-c2cc3ncccc3c(NC3CCC(N)CC3)n2)cc1O. The zero-order valence-electron chi connectivity index (χ0n) is 15.4. The molecule has 0 aliphatic heterocycles. The average molecular weight is 363 g/mol. The van der Waals surface area contributed by atoms with Crippen molar-refractivity contribution < 1.29 is 5.11 Å². The molecule has 0 atom stereocenters. The van der Waals surface area contributed by atoms with Crippen molar-refractivity contribution in [3.8, 4) is 17.0 Å². The first kappa shape index (κ1) is 17.5. The van der Waals surface area contributed by atoms with Crippen molar-refractivity contribution in [1.29, 1.82) is 0 Å². The number of hydrogen-bond donors (Lipinski definition) is 4. The van der Waals surface area contributed by atoms with Gasteiger partial charge in [0.05, 0.1) is 16.9 Å². The number of hydrogen-bond acceptors (Lipinski definition) is 6. The summed E-state index contributed by atoms with van der Waals surface area (Å²) in [7, 11) is 1.78. The van der Waals surface area contributed by atoms with Crippen LogP contribution in [0.15, 0.2) is 42.6 Å². The maximum absolute atomic E-state index is 10.2. The zero-order valence-corrected chi connectivity index (χ0v) is 15.4. The third-order valence-corrected chi connectivity index (χ3v) is 5.27. The number of anilines is 2. The Morgan fingerprint density at radius 3 is 2.67 bits per heavy atom. The van der Waals surface area contributed by atoms with Gasteiger partial charge in [0.25, 0.3) is 0 Å². The quantitative estimate of drug-likeness (QED) is 0.528. The number of nitrogens with one attached hydrogen (secondary N) is 2. The fourth-order valence-corrected chi connectivity index (χ4v) is 3.69. The zero-order chi connectivity index (χ0) is 18.8. The third kappa shape index (κ3) is 3.66. The minimum absolute atomic E-state index is 0.202. The Morgan fingerprint density at radius 1 is 1.11 bits per heavy atom. The molecule has 27 heavy (non-hydrogen) atoms. The van der Waals surface area contributed by atoms with Crippen molar-refractivity contribution in [1.82, 2.24) is 9.97 Å². The molecule has 0 unspecified atom stereocenters. The maximum Gasteiger partial charge on any atom is 0.139 e. The molecule has 6 heteroatoms. The number of pyridine rings is 2. The van der Waals surface area contributed by atoms with Crippen molar-refractivity contribution in [2.24, 2.45) is 5.73 Å². The molecule has 2 aromatic heterocycles. The Bertz CT molecular complexity index is 950. The van der Waals surface area contributed by atoms with Gasteiger partial charge in [-0.2, -0.15) is 0 Å². The molecule has 6 nitrogen and oxygen atoms in total. The van der Waals surface area contributed by atoms with E-state index in [2.05, 4.69) is 15.6 Å². The van der Waals surface area contributed by atoms with Gasteiger partial charge in [0.2, 0.25) is 0 Å². The van der Waals surface area contributed by atoms with Crippen molar-refractivity contribution >= 4 is 22.4 Å².